The number of hydrogen-bond acceptors (Lipinski definition) is 6. The molecular weight excluding hydrogens is 341 g/mol. The first-order valence-corrected chi connectivity index (χ1v) is 8.69. The van der Waals surface area contributed by atoms with Crippen molar-refractivity contribution in [3.8, 4) is 0 Å². The molecule has 1 atom stereocenters. The lowest BCUT2D eigenvalue weighted by Gasteiger charge is -2.06. The third kappa shape index (κ3) is 4.55. The number of ether oxygens (including phenoxy) is 2. The van der Waals surface area contributed by atoms with Gasteiger partial charge in [-0.15, -0.1) is 0 Å². The van der Waals surface area contributed by atoms with E-state index in [9.17, 15) is 14.3 Å². The minimum atomic E-state index is -0.366. The number of ketones is 1. The molecule has 0 aliphatic carbocycles. The molecule has 0 bridgehead atoms. The third-order valence-electron chi connectivity index (χ3n) is 4.54. The summed E-state index contributed by atoms with van der Waals surface area (Å²) in [4.78, 5) is 12.4. The maximum atomic E-state index is 13.6. The molecule has 140 valence electrons. The van der Waals surface area contributed by atoms with E-state index in [2.05, 4.69) is 5.16 Å². The van der Waals surface area contributed by atoms with Crippen molar-refractivity contribution in [1.29, 1.82) is 0 Å². The van der Waals surface area contributed by atoms with Gasteiger partial charge in [-0.3, -0.25) is 4.79 Å². The van der Waals surface area contributed by atoms with Crippen molar-refractivity contribution in [2.75, 3.05) is 13.2 Å². The lowest BCUT2D eigenvalue weighted by atomic mass is 9.99. The number of aromatic nitrogens is 1. The van der Waals surface area contributed by atoms with E-state index in [1.807, 2.05) is 0 Å². The molecule has 0 spiro atoms. The second-order valence-electron chi connectivity index (χ2n) is 6.37. The Hall–Kier alpha value is -2.09. The number of aliphatic hydroxyl groups excluding tert-OH is 1. The maximum absolute atomic E-state index is 13.6. The van der Waals surface area contributed by atoms with Crippen molar-refractivity contribution in [2.24, 2.45) is 5.92 Å². The summed E-state index contributed by atoms with van der Waals surface area (Å²) < 4.78 is 29.5. The Morgan fingerprint density at radius 1 is 1.35 bits per heavy atom. The highest BCUT2D eigenvalue weighted by molar-refractivity contribution is 5.95. The molecule has 2 aromatic rings. The Morgan fingerprint density at radius 3 is 2.92 bits per heavy atom. The lowest BCUT2D eigenvalue weighted by molar-refractivity contribution is 0.0844. The Balaban J connectivity index is 1.56. The highest BCUT2D eigenvalue weighted by Gasteiger charge is 2.23. The van der Waals surface area contributed by atoms with Crippen LogP contribution in [0.4, 0.5) is 4.39 Å². The zero-order chi connectivity index (χ0) is 18.4. The van der Waals surface area contributed by atoms with E-state index in [0.29, 0.717) is 30.1 Å². The number of hydrogen-bond donors (Lipinski definition) is 1. The summed E-state index contributed by atoms with van der Waals surface area (Å²) in [5, 5.41) is 13.4. The summed E-state index contributed by atoms with van der Waals surface area (Å²) >= 11 is 0. The molecule has 1 aromatic carbocycles. The molecule has 7 heteroatoms. The van der Waals surface area contributed by atoms with Crippen LogP contribution in [0.25, 0.3) is 0 Å². The van der Waals surface area contributed by atoms with Crippen LogP contribution in [0.15, 0.2) is 28.8 Å². The van der Waals surface area contributed by atoms with E-state index >= 15 is 0 Å². The molecule has 1 unspecified atom stereocenters. The van der Waals surface area contributed by atoms with Crippen LogP contribution in [0.3, 0.4) is 0 Å². The number of carbonyl (C=O) groups is 1. The first-order valence-electron chi connectivity index (χ1n) is 8.69. The van der Waals surface area contributed by atoms with Crippen molar-refractivity contribution in [3.05, 3.63) is 52.7 Å². The van der Waals surface area contributed by atoms with Gasteiger partial charge in [0.1, 0.15) is 12.4 Å². The molecule has 1 saturated heterocycles. The van der Waals surface area contributed by atoms with Gasteiger partial charge in [0.15, 0.2) is 17.2 Å². The second-order valence-corrected chi connectivity index (χ2v) is 6.37. The van der Waals surface area contributed by atoms with Crippen molar-refractivity contribution >= 4 is 5.78 Å². The first kappa shape index (κ1) is 18.7. The normalized spacial score (nSPS) is 16.9. The SMILES string of the molecule is O=C(CCC1CCOC1)c1noc(COCc2ccccc2F)c1CO. The number of aliphatic hydroxyl groups is 1. The Kier molecular flexibility index (Phi) is 6.49. The van der Waals surface area contributed by atoms with E-state index in [1.54, 1.807) is 18.2 Å². The molecule has 0 saturated carbocycles. The van der Waals surface area contributed by atoms with Crippen molar-refractivity contribution in [3.63, 3.8) is 0 Å². The molecule has 1 aromatic heterocycles. The minimum absolute atomic E-state index is 0.000965. The van der Waals surface area contributed by atoms with Crippen LogP contribution >= 0.6 is 0 Å². The number of nitrogens with zero attached hydrogens (tertiary/aromatic N) is 1. The highest BCUT2D eigenvalue weighted by atomic mass is 19.1. The van der Waals surface area contributed by atoms with Gasteiger partial charge in [-0.25, -0.2) is 4.39 Å². The van der Waals surface area contributed by atoms with Crippen molar-refractivity contribution in [1.82, 2.24) is 5.16 Å². The van der Waals surface area contributed by atoms with Gasteiger partial charge in [0, 0.05) is 25.2 Å². The van der Waals surface area contributed by atoms with E-state index in [0.717, 1.165) is 19.4 Å². The molecule has 0 radical (unpaired) electrons. The summed E-state index contributed by atoms with van der Waals surface area (Å²) in [5.74, 6) is 0.174. The molecule has 1 aliphatic heterocycles. The predicted octanol–water partition coefficient (Wildman–Crippen LogP) is 3.02. The van der Waals surface area contributed by atoms with Gasteiger partial charge in [-0.05, 0) is 24.8 Å². The highest BCUT2D eigenvalue weighted by Crippen LogP contribution is 2.22. The maximum Gasteiger partial charge on any atom is 0.185 e. The molecular formula is C19H22FNO5. The van der Waals surface area contributed by atoms with Crippen LogP contribution in [-0.2, 0) is 29.3 Å². The van der Waals surface area contributed by atoms with Crippen molar-refractivity contribution in [2.45, 2.75) is 39.1 Å². The third-order valence-corrected chi connectivity index (χ3v) is 4.54. The zero-order valence-electron chi connectivity index (χ0n) is 14.4. The summed E-state index contributed by atoms with van der Waals surface area (Å²) in [6.07, 6.45) is 2.03. The first-order chi connectivity index (χ1) is 12.7. The summed E-state index contributed by atoms with van der Waals surface area (Å²) in [6.45, 7) is 1.13. The monoisotopic (exact) mass is 363 g/mol. The van der Waals surface area contributed by atoms with Gasteiger partial charge >= 0.3 is 0 Å². The molecule has 1 aliphatic rings. The van der Waals surface area contributed by atoms with Gasteiger partial charge in [-0.1, -0.05) is 23.4 Å². The van der Waals surface area contributed by atoms with Gasteiger partial charge in [0.2, 0.25) is 0 Å². The summed E-state index contributed by atoms with van der Waals surface area (Å²) in [7, 11) is 0. The summed E-state index contributed by atoms with van der Waals surface area (Å²) in [6, 6.07) is 6.32. The van der Waals surface area contributed by atoms with Gasteiger partial charge < -0.3 is 19.1 Å². The number of carbonyl (C=O) groups excluding carboxylic acids is 1. The lowest BCUT2D eigenvalue weighted by Crippen LogP contribution is -2.08. The number of Topliss-reactive ketones (excluding diaryl/α,β-unsaturated/α-hetero) is 1. The van der Waals surface area contributed by atoms with Gasteiger partial charge in [0.05, 0.1) is 18.8 Å². The molecule has 1 fully saturated rings. The minimum Gasteiger partial charge on any atom is -0.391 e. The van der Waals surface area contributed by atoms with E-state index in [4.69, 9.17) is 14.0 Å². The molecule has 6 nitrogen and oxygen atoms in total. The molecule has 0 amide bonds. The predicted molar refractivity (Wildman–Crippen MR) is 89.8 cm³/mol. The topological polar surface area (TPSA) is 81.8 Å². The number of rotatable bonds is 9. The summed E-state index contributed by atoms with van der Waals surface area (Å²) in [5.41, 5.74) is 0.912. The Morgan fingerprint density at radius 2 is 2.19 bits per heavy atom. The fourth-order valence-corrected chi connectivity index (χ4v) is 2.97. The second kappa shape index (κ2) is 9.02. The van der Waals surface area contributed by atoms with Gasteiger partial charge in [0.25, 0.3) is 0 Å². The fourth-order valence-electron chi connectivity index (χ4n) is 2.97. The van der Waals surface area contributed by atoms with E-state index in [1.165, 1.54) is 6.07 Å². The average molecular weight is 363 g/mol. The van der Waals surface area contributed by atoms with Crippen LogP contribution in [0.2, 0.25) is 0 Å². The van der Waals surface area contributed by atoms with Crippen LogP contribution in [-0.4, -0.2) is 29.3 Å². The van der Waals surface area contributed by atoms with Crippen LogP contribution < -0.4 is 0 Å². The van der Waals surface area contributed by atoms with Gasteiger partial charge in [-0.2, -0.15) is 0 Å². The molecule has 1 N–H and O–H groups in total. The quantitative estimate of drug-likeness (QED) is 0.690. The van der Waals surface area contributed by atoms with E-state index < -0.39 is 0 Å². The standard InChI is InChI=1S/C19H22FNO5/c20-16-4-2-1-3-14(16)11-25-12-18-15(9-22)19(21-26-18)17(23)6-5-13-7-8-24-10-13/h1-4,13,22H,5-12H2. The number of benzene rings is 1. The molecule has 26 heavy (non-hydrogen) atoms. The number of halogens is 1. The Labute approximate surface area is 150 Å². The van der Waals surface area contributed by atoms with Crippen LogP contribution in [0, 0.1) is 11.7 Å². The molecule has 2 heterocycles. The smallest absolute Gasteiger partial charge is 0.185 e. The van der Waals surface area contributed by atoms with E-state index in [-0.39, 0.29) is 42.9 Å². The van der Waals surface area contributed by atoms with Crippen LogP contribution in [0.5, 0.6) is 0 Å². The molecule has 3 rings (SSSR count). The van der Waals surface area contributed by atoms with Crippen LogP contribution in [0.1, 0.15) is 46.6 Å². The fraction of sp³-hybridized carbons (Fsp3) is 0.474. The zero-order valence-corrected chi connectivity index (χ0v) is 14.4. The average Bonchev–Trinajstić information content (AvgIpc) is 3.30. The van der Waals surface area contributed by atoms with Crippen molar-refractivity contribution < 1.29 is 28.3 Å². The Bertz CT molecular complexity index is 739. The largest absolute Gasteiger partial charge is 0.391 e.